The molecule has 0 amide bonds. The molecule has 5 heteroatoms. The van der Waals surface area contributed by atoms with Crippen LogP contribution in [0.15, 0.2) is 24.3 Å². The molecule has 14 heavy (non-hydrogen) atoms. The van der Waals surface area contributed by atoms with E-state index in [2.05, 4.69) is 0 Å². The van der Waals surface area contributed by atoms with Gasteiger partial charge in [-0.25, -0.2) is 4.39 Å². The van der Waals surface area contributed by atoms with Gasteiger partial charge in [-0.3, -0.25) is 4.79 Å². The molecule has 0 saturated carbocycles. The number of benzene rings is 1. The Hall–Kier alpha value is -1.46. The van der Waals surface area contributed by atoms with E-state index in [0.29, 0.717) is 0 Å². The molecule has 4 N–H and O–H groups in total. The second-order valence-electron chi connectivity index (χ2n) is 2.86. The first-order valence-electron chi connectivity index (χ1n) is 3.94. The Balaban J connectivity index is 2.84. The third-order valence-corrected chi connectivity index (χ3v) is 1.84. The van der Waals surface area contributed by atoms with E-state index in [1.165, 1.54) is 12.1 Å². The van der Waals surface area contributed by atoms with Crippen molar-refractivity contribution >= 4 is 5.97 Å². The van der Waals surface area contributed by atoms with Gasteiger partial charge in [0.05, 0.1) is 0 Å². The van der Waals surface area contributed by atoms with Crippen LogP contribution in [-0.2, 0) is 4.79 Å². The van der Waals surface area contributed by atoms with Gasteiger partial charge in [-0.15, -0.1) is 0 Å². The number of carbonyl (C=O) groups is 1. The molecule has 1 aromatic carbocycles. The van der Waals surface area contributed by atoms with E-state index in [0.717, 1.165) is 12.1 Å². The zero-order valence-electron chi connectivity index (χ0n) is 7.22. The number of rotatable bonds is 3. The summed E-state index contributed by atoms with van der Waals surface area (Å²) in [6.45, 7) is 0. The van der Waals surface area contributed by atoms with Crippen LogP contribution in [-0.4, -0.2) is 22.2 Å². The second kappa shape index (κ2) is 4.17. The quantitative estimate of drug-likeness (QED) is 0.652. The first-order chi connectivity index (χ1) is 6.52. The molecule has 0 spiro atoms. The second-order valence-corrected chi connectivity index (χ2v) is 2.86. The number of aliphatic carboxylic acids is 1. The highest BCUT2D eigenvalue weighted by molar-refractivity contribution is 5.74. The lowest BCUT2D eigenvalue weighted by Crippen LogP contribution is -2.36. The third kappa shape index (κ3) is 2.27. The molecular formula is C9H10FNO3. The molecule has 0 radical (unpaired) electrons. The number of halogens is 1. The van der Waals surface area contributed by atoms with Crippen molar-refractivity contribution in [3.63, 3.8) is 0 Å². The Morgan fingerprint density at radius 2 is 1.86 bits per heavy atom. The number of hydrogen-bond donors (Lipinski definition) is 3. The molecule has 0 aliphatic heterocycles. The lowest BCUT2D eigenvalue weighted by molar-refractivity contribution is -0.141. The predicted molar refractivity (Wildman–Crippen MR) is 47.0 cm³/mol. The Labute approximate surface area is 79.8 Å². The lowest BCUT2D eigenvalue weighted by atomic mass is 10.0. The summed E-state index contributed by atoms with van der Waals surface area (Å²) in [6, 6.07) is 3.45. The van der Waals surface area contributed by atoms with Crippen LogP contribution in [0, 0.1) is 5.82 Å². The maximum absolute atomic E-state index is 12.5. The van der Waals surface area contributed by atoms with Crippen molar-refractivity contribution in [2.45, 2.75) is 12.1 Å². The van der Waals surface area contributed by atoms with Gasteiger partial charge in [-0.05, 0) is 17.7 Å². The number of nitrogens with two attached hydrogens (primary N) is 1. The summed E-state index contributed by atoms with van der Waals surface area (Å²) in [5.41, 5.74) is 5.47. The summed E-state index contributed by atoms with van der Waals surface area (Å²) >= 11 is 0. The first-order valence-corrected chi connectivity index (χ1v) is 3.94. The molecule has 76 valence electrons. The number of aliphatic hydroxyl groups excluding tert-OH is 1. The fourth-order valence-corrected chi connectivity index (χ4v) is 1.00. The highest BCUT2D eigenvalue weighted by Gasteiger charge is 2.23. The van der Waals surface area contributed by atoms with Crippen LogP contribution in [0.4, 0.5) is 4.39 Å². The molecule has 2 unspecified atom stereocenters. The van der Waals surface area contributed by atoms with Crippen LogP contribution < -0.4 is 5.73 Å². The van der Waals surface area contributed by atoms with E-state index in [9.17, 15) is 14.3 Å². The summed E-state index contributed by atoms with van der Waals surface area (Å²) in [6.07, 6.45) is -1.33. The van der Waals surface area contributed by atoms with E-state index >= 15 is 0 Å². The van der Waals surface area contributed by atoms with Crippen LogP contribution in [0.1, 0.15) is 11.7 Å². The molecule has 4 nitrogen and oxygen atoms in total. The highest BCUT2D eigenvalue weighted by atomic mass is 19.1. The van der Waals surface area contributed by atoms with E-state index in [1.54, 1.807) is 0 Å². The summed E-state index contributed by atoms with van der Waals surface area (Å²) in [7, 11) is 0. The van der Waals surface area contributed by atoms with Crippen molar-refractivity contribution in [3.05, 3.63) is 35.6 Å². The van der Waals surface area contributed by atoms with E-state index in [1.807, 2.05) is 0 Å². The van der Waals surface area contributed by atoms with Crippen molar-refractivity contribution in [3.8, 4) is 0 Å². The number of hydrogen-bond acceptors (Lipinski definition) is 3. The van der Waals surface area contributed by atoms with Gasteiger partial charge >= 0.3 is 5.97 Å². The van der Waals surface area contributed by atoms with E-state index in [-0.39, 0.29) is 5.56 Å². The van der Waals surface area contributed by atoms with Crippen LogP contribution in [0.25, 0.3) is 0 Å². The Morgan fingerprint density at radius 1 is 1.36 bits per heavy atom. The maximum atomic E-state index is 12.5. The molecule has 0 saturated heterocycles. The topological polar surface area (TPSA) is 83.6 Å². The number of carboxylic acids is 1. The molecule has 0 aliphatic carbocycles. The SMILES string of the molecule is NC(C(=O)O)C(O)c1ccc(F)cc1. The van der Waals surface area contributed by atoms with Crippen molar-refractivity contribution in [1.29, 1.82) is 0 Å². The molecule has 1 rings (SSSR count). The fourth-order valence-electron chi connectivity index (χ4n) is 1.00. The van der Waals surface area contributed by atoms with Gasteiger partial charge in [0, 0.05) is 0 Å². The Kier molecular flexibility index (Phi) is 3.16. The smallest absolute Gasteiger partial charge is 0.323 e. The fraction of sp³-hybridized carbons (Fsp3) is 0.222. The van der Waals surface area contributed by atoms with E-state index < -0.39 is 23.9 Å². The predicted octanol–water partition coefficient (Wildman–Crippen LogP) is 0.271. The minimum absolute atomic E-state index is 0.279. The number of carboxylic acid groups (broad SMARTS) is 1. The van der Waals surface area contributed by atoms with Crippen molar-refractivity contribution < 1.29 is 19.4 Å². The molecule has 2 atom stereocenters. The summed E-state index contributed by atoms with van der Waals surface area (Å²) in [4.78, 5) is 10.4. The number of aliphatic hydroxyl groups is 1. The zero-order valence-corrected chi connectivity index (χ0v) is 7.22. The molecular weight excluding hydrogens is 189 g/mol. The van der Waals surface area contributed by atoms with Gasteiger partial charge in [-0.1, -0.05) is 12.1 Å². The summed E-state index contributed by atoms with van der Waals surface area (Å²) in [5.74, 6) is -1.76. The molecule has 0 aliphatic rings. The van der Waals surface area contributed by atoms with Crippen LogP contribution in [0.2, 0.25) is 0 Å². The van der Waals surface area contributed by atoms with Gasteiger partial charge < -0.3 is 15.9 Å². The Morgan fingerprint density at radius 3 is 2.29 bits per heavy atom. The van der Waals surface area contributed by atoms with E-state index in [4.69, 9.17) is 10.8 Å². The summed E-state index contributed by atoms with van der Waals surface area (Å²) in [5, 5.41) is 17.9. The van der Waals surface area contributed by atoms with Crippen LogP contribution in [0.3, 0.4) is 0 Å². The first kappa shape index (κ1) is 10.6. The molecule has 1 aromatic rings. The molecule has 0 fully saturated rings. The van der Waals surface area contributed by atoms with Gasteiger partial charge in [0.25, 0.3) is 0 Å². The standard InChI is InChI=1S/C9H10FNO3/c10-6-3-1-5(2-4-6)8(12)7(11)9(13)14/h1-4,7-8,12H,11H2,(H,13,14). The third-order valence-electron chi connectivity index (χ3n) is 1.84. The molecule has 0 heterocycles. The van der Waals surface area contributed by atoms with Gasteiger partial charge in [0.1, 0.15) is 18.0 Å². The largest absolute Gasteiger partial charge is 0.480 e. The monoisotopic (exact) mass is 199 g/mol. The normalized spacial score (nSPS) is 14.8. The Bertz CT molecular complexity index is 325. The van der Waals surface area contributed by atoms with Gasteiger partial charge in [-0.2, -0.15) is 0 Å². The average molecular weight is 199 g/mol. The highest BCUT2D eigenvalue weighted by Crippen LogP contribution is 2.15. The average Bonchev–Trinajstić information content (AvgIpc) is 2.16. The van der Waals surface area contributed by atoms with Crippen LogP contribution >= 0.6 is 0 Å². The molecule has 0 aromatic heterocycles. The minimum atomic E-state index is -1.40. The molecule has 0 bridgehead atoms. The van der Waals surface area contributed by atoms with Crippen molar-refractivity contribution in [2.24, 2.45) is 5.73 Å². The minimum Gasteiger partial charge on any atom is -0.480 e. The van der Waals surface area contributed by atoms with Crippen molar-refractivity contribution in [1.82, 2.24) is 0 Å². The van der Waals surface area contributed by atoms with Crippen molar-refractivity contribution in [2.75, 3.05) is 0 Å². The zero-order chi connectivity index (χ0) is 10.7. The van der Waals surface area contributed by atoms with Crippen LogP contribution in [0.5, 0.6) is 0 Å². The lowest BCUT2D eigenvalue weighted by Gasteiger charge is -2.14. The summed E-state index contributed by atoms with van der Waals surface area (Å²) < 4.78 is 12.5. The van der Waals surface area contributed by atoms with Gasteiger partial charge in [0.2, 0.25) is 0 Å². The maximum Gasteiger partial charge on any atom is 0.323 e. The van der Waals surface area contributed by atoms with Gasteiger partial charge in [0.15, 0.2) is 0 Å².